The molecular weight excluding hydrogens is 218 g/mol. The van der Waals surface area contributed by atoms with Crippen LogP contribution >= 0.6 is 0 Å². The molecule has 2 fully saturated rings. The molecule has 2 heterocycles. The number of hydrogen-bond donors (Lipinski definition) is 0. The Morgan fingerprint density at radius 2 is 2.24 bits per heavy atom. The fraction of sp³-hybridized carbons (Fsp3) is 0.923. The molecule has 0 aromatic heterocycles. The molecular formula is C13H23NO3. The topological polar surface area (TPSA) is 38.8 Å². The summed E-state index contributed by atoms with van der Waals surface area (Å²) in [5.74, 6) is -0.0722. The van der Waals surface area contributed by atoms with E-state index in [1.807, 2.05) is 0 Å². The molecule has 4 heteroatoms. The van der Waals surface area contributed by atoms with Crippen molar-refractivity contribution in [1.82, 2.24) is 4.90 Å². The van der Waals surface area contributed by atoms with Crippen molar-refractivity contribution in [3.05, 3.63) is 0 Å². The lowest BCUT2D eigenvalue weighted by atomic mass is 10.0. The van der Waals surface area contributed by atoms with E-state index in [4.69, 9.17) is 9.47 Å². The van der Waals surface area contributed by atoms with E-state index in [2.05, 4.69) is 4.90 Å². The molecule has 0 spiro atoms. The molecule has 0 radical (unpaired) electrons. The summed E-state index contributed by atoms with van der Waals surface area (Å²) >= 11 is 0. The highest BCUT2D eigenvalue weighted by molar-refractivity contribution is 5.75. The van der Waals surface area contributed by atoms with Crippen molar-refractivity contribution in [2.45, 2.75) is 50.7 Å². The van der Waals surface area contributed by atoms with Gasteiger partial charge in [0.25, 0.3) is 0 Å². The molecule has 2 atom stereocenters. The highest BCUT2D eigenvalue weighted by atomic mass is 16.5. The van der Waals surface area contributed by atoms with Crippen molar-refractivity contribution in [3.8, 4) is 0 Å². The summed E-state index contributed by atoms with van der Waals surface area (Å²) in [7, 11) is 1.48. The predicted octanol–water partition coefficient (Wildman–Crippen LogP) is 1.58. The Labute approximate surface area is 103 Å². The lowest BCUT2D eigenvalue weighted by Gasteiger charge is -2.34. The summed E-state index contributed by atoms with van der Waals surface area (Å²) in [6.45, 7) is 2.89. The lowest BCUT2D eigenvalue weighted by molar-refractivity contribution is -0.148. The zero-order valence-electron chi connectivity index (χ0n) is 10.7. The van der Waals surface area contributed by atoms with Gasteiger partial charge in [-0.3, -0.25) is 9.69 Å². The molecule has 0 bridgehead atoms. The first kappa shape index (κ1) is 12.8. The largest absolute Gasteiger partial charge is 0.468 e. The van der Waals surface area contributed by atoms with E-state index in [1.54, 1.807) is 0 Å². The number of carbonyl (C=O) groups excluding carboxylic acids is 1. The zero-order valence-corrected chi connectivity index (χ0v) is 10.7. The van der Waals surface area contributed by atoms with Crippen LogP contribution in [0.2, 0.25) is 0 Å². The van der Waals surface area contributed by atoms with Gasteiger partial charge >= 0.3 is 5.97 Å². The second-order valence-electron chi connectivity index (χ2n) is 4.99. The van der Waals surface area contributed by atoms with E-state index in [0.717, 1.165) is 39.0 Å². The number of esters is 1. The predicted molar refractivity (Wildman–Crippen MR) is 64.8 cm³/mol. The van der Waals surface area contributed by atoms with E-state index < -0.39 is 0 Å². The minimum Gasteiger partial charge on any atom is -0.468 e. The molecule has 98 valence electrons. The summed E-state index contributed by atoms with van der Waals surface area (Å²) < 4.78 is 10.5. The van der Waals surface area contributed by atoms with Crippen LogP contribution in [0.25, 0.3) is 0 Å². The van der Waals surface area contributed by atoms with Crippen LogP contribution in [-0.2, 0) is 14.3 Å². The molecule has 4 nitrogen and oxygen atoms in total. The van der Waals surface area contributed by atoms with Crippen LogP contribution in [0.4, 0.5) is 0 Å². The van der Waals surface area contributed by atoms with Crippen molar-refractivity contribution in [1.29, 1.82) is 0 Å². The first-order chi connectivity index (χ1) is 8.31. The quantitative estimate of drug-likeness (QED) is 0.701. The number of piperidine rings is 1. The number of rotatable bonds is 4. The molecule has 0 aromatic carbocycles. The van der Waals surface area contributed by atoms with E-state index in [9.17, 15) is 4.79 Å². The van der Waals surface area contributed by atoms with Crippen molar-refractivity contribution in [2.75, 3.05) is 26.8 Å². The molecule has 2 aliphatic heterocycles. The maximum absolute atomic E-state index is 11.7. The monoisotopic (exact) mass is 241 g/mol. The highest BCUT2D eigenvalue weighted by Gasteiger charge is 2.29. The third-order valence-corrected chi connectivity index (χ3v) is 3.85. The van der Waals surface area contributed by atoms with Crippen molar-refractivity contribution >= 4 is 5.97 Å². The highest BCUT2D eigenvalue weighted by Crippen LogP contribution is 2.21. The summed E-state index contributed by atoms with van der Waals surface area (Å²) in [5, 5.41) is 0. The van der Waals surface area contributed by atoms with Gasteiger partial charge in [0.15, 0.2) is 0 Å². The molecule has 2 rings (SSSR count). The molecule has 0 aliphatic carbocycles. The molecule has 2 unspecified atom stereocenters. The van der Waals surface area contributed by atoms with Crippen LogP contribution in [0.5, 0.6) is 0 Å². The third kappa shape index (κ3) is 3.42. The zero-order chi connectivity index (χ0) is 12.1. The SMILES string of the molecule is COC(=O)C1CCCCN1CCC1CCCO1. The fourth-order valence-electron chi connectivity index (χ4n) is 2.84. The normalized spacial score (nSPS) is 30.4. The van der Waals surface area contributed by atoms with Gasteiger partial charge in [-0.1, -0.05) is 6.42 Å². The summed E-state index contributed by atoms with van der Waals surface area (Å²) in [5.41, 5.74) is 0. The van der Waals surface area contributed by atoms with E-state index >= 15 is 0 Å². The van der Waals surface area contributed by atoms with Crippen LogP contribution in [0, 0.1) is 0 Å². The van der Waals surface area contributed by atoms with Crippen LogP contribution in [0.15, 0.2) is 0 Å². The Morgan fingerprint density at radius 3 is 2.94 bits per heavy atom. The molecule has 2 aliphatic rings. The van der Waals surface area contributed by atoms with Gasteiger partial charge < -0.3 is 9.47 Å². The van der Waals surface area contributed by atoms with Gasteiger partial charge in [0.05, 0.1) is 13.2 Å². The van der Waals surface area contributed by atoms with E-state index in [1.165, 1.54) is 26.4 Å². The number of hydrogen-bond acceptors (Lipinski definition) is 4. The minimum absolute atomic E-state index is 0.0184. The Balaban J connectivity index is 1.80. The molecule has 0 aromatic rings. The first-order valence-electron chi connectivity index (χ1n) is 6.74. The summed E-state index contributed by atoms with van der Waals surface area (Å²) in [6, 6.07) is -0.0184. The number of nitrogens with zero attached hydrogens (tertiary/aromatic N) is 1. The van der Waals surface area contributed by atoms with Gasteiger partial charge in [-0.15, -0.1) is 0 Å². The van der Waals surface area contributed by atoms with Gasteiger partial charge in [0, 0.05) is 13.2 Å². The number of methoxy groups -OCH3 is 1. The number of ether oxygens (including phenoxy) is 2. The van der Waals surface area contributed by atoms with Gasteiger partial charge in [-0.2, -0.15) is 0 Å². The molecule has 17 heavy (non-hydrogen) atoms. The minimum atomic E-state index is -0.0722. The van der Waals surface area contributed by atoms with Crippen LogP contribution in [-0.4, -0.2) is 49.8 Å². The number of likely N-dealkylation sites (tertiary alicyclic amines) is 1. The molecule has 0 N–H and O–H groups in total. The number of carbonyl (C=O) groups is 1. The second kappa shape index (κ2) is 6.36. The van der Waals surface area contributed by atoms with E-state index in [-0.39, 0.29) is 12.0 Å². The third-order valence-electron chi connectivity index (χ3n) is 3.85. The van der Waals surface area contributed by atoms with Gasteiger partial charge in [-0.05, 0) is 38.6 Å². The van der Waals surface area contributed by atoms with Crippen LogP contribution in [0.3, 0.4) is 0 Å². The van der Waals surface area contributed by atoms with Crippen LogP contribution in [0.1, 0.15) is 38.5 Å². The molecule has 0 saturated carbocycles. The summed E-state index contributed by atoms with van der Waals surface area (Å²) in [6.07, 6.45) is 7.10. The standard InChI is InChI=1S/C13H23NO3/c1-16-13(15)12-6-2-3-8-14(12)9-7-11-5-4-10-17-11/h11-12H,2-10H2,1H3. The Hall–Kier alpha value is -0.610. The lowest BCUT2D eigenvalue weighted by Crippen LogP contribution is -2.46. The Bertz CT molecular complexity index is 251. The average Bonchev–Trinajstić information content (AvgIpc) is 2.89. The van der Waals surface area contributed by atoms with Crippen molar-refractivity contribution in [2.24, 2.45) is 0 Å². The first-order valence-corrected chi connectivity index (χ1v) is 6.74. The Kier molecular flexibility index (Phi) is 4.80. The molecule has 0 amide bonds. The van der Waals surface area contributed by atoms with Gasteiger partial charge in [0.1, 0.15) is 6.04 Å². The van der Waals surface area contributed by atoms with Crippen molar-refractivity contribution in [3.63, 3.8) is 0 Å². The molecule has 2 saturated heterocycles. The smallest absolute Gasteiger partial charge is 0.323 e. The summed E-state index contributed by atoms with van der Waals surface area (Å²) in [4.78, 5) is 14.0. The maximum atomic E-state index is 11.7. The van der Waals surface area contributed by atoms with E-state index in [0.29, 0.717) is 6.10 Å². The maximum Gasteiger partial charge on any atom is 0.323 e. The van der Waals surface area contributed by atoms with Gasteiger partial charge in [0.2, 0.25) is 0 Å². The average molecular weight is 241 g/mol. The fourth-order valence-corrected chi connectivity index (χ4v) is 2.84. The van der Waals surface area contributed by atoms with Crippen molar-refractivity contribution < 1.29 is 14.3 Å². The Morgan fingerprint density at radius 1 is 1.35 bits per heavy atom. The second-order valence-corrected chi connectivity index (χ2v) is 4.99. The van der Waals surface area contributed by atoms with Crippen LogP contribution < -0.4 is 0 Å². The van der Waals surface area contributed by atoms with Gasteiger partial charge in [-0.25, -0.2) is 0 Å².